The van der Waals surface area contributed by atoms with Crippen LogP contribution in [0.1, 0.15) is 44.1 Å². The third-order valence-corrected chi connectivity index (χ3v) is 6.09. The summed E-state index contributed by atoms with van der Waals surface area (Å²) in [6.07, 6.45) is 4.19. The Hall–Kier alpha value is -2.97. The van der Waals surface area contributed by atoms with Crippen LogP contribution in [0.3, 0.4) is 0 Å². The lowest BCUT2D eigenvalue weighted by molar-refractivity contribution is -0.229. The van der Waals surface area contributed by atoms with Gasteiger partial charge in [0.15, 0.2) is 17.5 Å². The molecule has 31 heavy (non-hydrogen) atoms. The summed E-state index contributed by atoms with van der Waals surface area (Å²) in [7, 11) is 0. The number of anilines is 1. The molecule has 8 nitrogen and oxygen atoms in total. The van der Waals surface area contributed by atoms with Crippen molar-refractivity contribution in [3.63, 3.8) is 0 Å². The monoisotopic (exact) mass is 421 g/mol. The Balaban J connectivity index is 1.40. The number of unbranched alkanes of at least 4 members (excludes halogenated alkanes) is 1. The van der Waals surface area contributed by atoms with E-state index in [1.165, 1.54) is 0 Å². The van der Waals surface area contributed by atoms with Gasteiger partial charge in [-0.15, -0.1) is 0 Å². The van der Waals surface area contributed by atoms with E-state index in [1.54, 1.807) is 6.33 Å². The highest BCUT2D eigenvalue weighted by atomic mass is 16.7. The lowest BCUT2D eigenvalue weighted by Gasteiger charge is -2.33. The fourth-order valence-corrected chi connectivity index (χ4v) is 4.40. The molecule has 1 saturated carbocycles. The van der Waals surface area contributed by atoms with Crippen LogP contribution in [0.2, 0.25) is 0 Å². The average Bonchev–Trinajstić information content (AvgIpc) is 3.35. The van der Waals surface area contributed by atoms with Crippen LogP contribution in [0.4, 0.5) is 5.95 Å². The maximum absolute atomic E-state index is 6.32. The summed E-state index contributed by atoms with van der Waals surface area (Å²) in [4.78, 5) is 13.2. The second kappa shape index (κ2) is 8.28. The van der Waals surface area contributed by atoms with Gasteiger partial charge in [0.1, 0.15) is 0 Å². The minimum absolute atomic E-state index is 0.00378. The highest BCUT2D eigenvalue weighted by Gasteiger charge is 2.44. The first kappa shape index (κ1) is 20.0. The van der Waals surface area contributed by atoms with E-state index in [0.717, 1.165) is 30.4 Å². The maximum Gasteiger partial charge on any atom is 0.247 e. The van der Waals surface area contributed by atoms with E-state index in [9.17, 15) is 0 Å². The first-order chi connectivity index (χ1) is 15.2. The van der Waals surface area contributed by atoms with Crippen LogP contribution in [0.15, 0.2) is 48.8 Å². The molecule has 5 rings (SSSR count). The quantitative estimate of drug-likeness (QED) is 0.477. The molecule has 1 aliphatic carbocycles. The van der Waals surface area contributed by atoms with E-state index in [0.29, 0.717) is 30.3 Å². The van der Waals surface area contributed by atoms with E-state index in [2.05, 4.69) is 28.5 Å². The van der Waals surface area contributed by atoms with Crippen LogP contribution >= 0.6 is 0 Å². The van der Waals surface area contributed by atoms with Gasteiger partial charge in [0.25, 0.3) is 0 Å². The molecule has 0 amide bonds. The summed E-state index contributed by atoms with van der Waals surface area (Å²) < 4.78 is 20.2. The van der Waals surface area contributed by atoms with Crippen LogP contribution in [-0.2, 0) is 9.47 Å². The molecule has 1 aliphatic heterocycles. The van der Waals surface area contributed by atoms with Gasteiger partial charge in [0.05, 0.1) is 31.7 Å². The first-order valence-electron chi connectivity index (χ1n) is 10.8. The predicted molar refractivity (Wildman–Crippen MR) is 116 cm³/mol. The highest BCUT2D eigenvalue weighted by Crippen LogP contribution is 2.46. The van der Waals surface area contributed by atoms with Crippen molar-refractivity contribution in [1.82, 2.24) is 19.5 Å². The molecule has 2 aliphatic rings. The van der Waals surface area contributed by atoms with Crippen LogP contribution in [0.5, 0.6) is 5.88 Å². The van der Waals surface area contributed by atoms with E-state index >= 15 is 0 Å². The van der Waals surface area contributed by atoms with Gasteiger partial charge in [-0.1, -0.05) is 50.3 Å². The summed E-state index contributed by atoms with van der Waals surface area (Å²) in [5, 5.41) is 0. The number of rotatable bonds is 6. The van der Waals surface area contributed by atoms with Gasteiger partial charge in [0.2, 0.25) is 11.8 Å². The number of nitrogens with zero attached hydrogens (tertiary/aromatic N) is 4. The minimum Gasteiger partial charge on any atom is -0.476 e. The predicted octanol–water partition coefficient (Wildman–Crippen LogP) is 3.82. The molecular weight excluding hydrogens is 394 g/mol. The molecule has 3 aromatic rings. The van der Waals surface area contributed by atoms with Gasteiger partial charge in [-0.2, -0.15) is 9.97 Å². The van der Waals surface area contributed by atoms with Crippen molar-refractivity contribution >= 4 is 17.1 Å². The van der Waals surface area contributed by atoms with Gasteiger partial charge in [-0.05, 0) is 18.4 Å². The van der Waals surface area contributed by atoms with Crippen LogP contribution < -0.4 is 10.5 Å². The number of nitrogens with two attached hydrogens (primary N) is 1. The number of hydrogen-bond acceptors (Lipinski definition) is 7. The van der Waals surface area contributed by atoms with Crippen molar-refractivity contribution in [1.29, 1.82) is 0 Å². The Morgan fingerprint density at radius 1 is 1.26 bits per heavy atom. The molecule has 0 bridgehead atoms. The zero-order valence-electron chi connectivity index (χ0n) is 17.6. The molecule has 162 valence electrons. The van der Waals surface area contributed by atoms with Gasteiger partial charge in [-0.25, -0.2) is 4.98 Å². The third kappa shape index (κ3) is 3.66. The number of ether oxygens (including phenoxy) is 3. The van der Waals surface area contributed by atoms with Crippen molar-refractivity contribution in [2.24, 2.45) is 5.92 Å². The normalized spacial score (nSPS) is 25.6. The Morgan fingerprint density at radius 3 is 2.90 bits per heavy atom. The third-order valence-electron chi connectivity index (χ3n) is 6.09. The van der Waals surface area contributed by atoms with Gasteiger partial charge < -0.3 is 24.5 Å². The van der Waals surface area contributed by atoms with Crippen molar-refractivity contribution in [3.8, 4) is 5.88 Å². The maximum atomic E-state index is 6.32. The number of benzene rings is 1. The minimum atomic E-state index is -0.356. The first-order valence-corrected chi connectivity index (χ1v) is 10.8. The standard InChI is InChI=1S/C23H27N5O3/c1-3-4-10-29-21-19-20(26-23(24)27-21)28(13-25-19)17-11-18-16(14(17)2)12-30-22(31-18)15-8-6-5-7-9-15/h5-9,13,16-18,22H,2-4,10-12H2,1H3,(H2,24,26,27)/t16-,17-,18-,22?/m0/s1. The van der Waals surface area contributed by atoms with Crippen LogP contribution in [0, 0.1) is 5.92 Å². The molecule has 2 aromatic heterocycles. The Morgan fingerprint density at radius 2 is 2.10 bits per heavy atom. The number of hydrogen-bond donors (Lipinski definition) is 1. The van der Waals surface area contributed by atoms with Crippen molar-refractivity contribution in [2.45, 2.75) is 44.6 Å². The van der Waals surface area contributed by atoms with Gasteiger partial charge in [-0.3, -0.25) is 0 Å². The fourth-order valence-electron chi connectivity index (χ4n) is 4.40. The summed E-state index contributed by atoms with van der Waals surface area (Å²) in [6.45, 7) is 7.63. The Kier molecular flexibility index (Phi) is 5.33. The molecule has 4 atom stereocenters. The lowest BCUT2D eigenvalue weighted by Crippen LogP contribution is -2.32. The average molecular weight is 422 g/mol. The van der Waals surface area contributed by atoms with E-state index in [-0.39, 0.29) is 30.3 Å². The van der Waals surface area contributed by atoms with Crippen LogP contribution in [0.25, 0.3) is 11.2 Å². The van der Waals surface area contributed by atoms with Crippen molar-refractivity contribution in [2.75, 3.05) is 18.9 Å². The molecule has 0 spiro atoms. The molecule has 1 unspecified atom stereocenters. The van der Waals surface area contributed by atoms with Gasteiger partial charge in [0, 0.05) is 11.5 Å². The van der Waals surface area contributed by atoms with E-state index in [1.807, 2.05) is 34.9 Å². The van der Waals surface area contributed by atoms with E-state index in [4.69, 9.17) is 19.9 Å². The molecule has 0 radical (unpaired) electrons. The van der Waals surface area contributed by atoms with Gasteiger partial charge >= 0.3 is 0 Å². The zero-order chi connectivity index (χ0) is 21.4. The van der Waals surface area contributed by atoms with Crippen molar-refractivity contribution in [3.05, 3.63) is 54.4 Å². The largest absolute Gasteiger partial charge is 0.476 e. The zero-order valence-corrected chi connectivity index (χ0v) is 17.6. The molecule has 1 saturated heterocycles. The smallest absolute Gasteiger partial charge is 0.247 e. The molecule has 1 aromatic carbocycles. The molecule has 2 fully saturated rings. The summed E-state index contributed by atoms with van der Waals surface area (Å²) in [6, 6.07) is 10.0. The Bertz CT molecular complexity index is 1080. The van der Waals surface area contributed by atoms with Crippen LogP contribution in [-0.4, -0.2) is 38.8 Å². The molecule has 8 heteroatoms. The molecular formula is C23H27N5O3. The fraction of sp³-hybridized carbons (Fsp3) is 0.435. The van der Waals surface area contributed by atoms with E-state index < -0.39 is 0 Å². The van der Waals surface area contributed by atoms with Crippen molar-refractivity contribution < 1.29 is 14.2 Å². The second-order valence-electron chi connectivity index (χ2n) is 8.10. The summed E-state index contributed by atoms with van der Waals surface area (Å²) >= 11 is 0. The second-order valence-corrected chi connectivity index (χ2v) is 8.10. The Labute approximate surface area is 181 Å². The highest BCUT2D eigenvalue weighted by molar-refractivity contribution is 5.77. The molecule has 3 heterocycles. The summed E-state index contributed by atoms with van der Waals surface area (Å²) in [5.41, 5.74) is 9.34. The lowest BCUT2D eigenvalue weighted by atomic mass is 10.0. The number of imidazole rings is 1. The molecule has 2 N–H and O–H groups in total. The number of nitrogen functional groups attached to an aromatic ring is 1. The summed E-state index contributed by atoms with van der Waals surface area (Å²) in [5.74, 6) is 0.729. The SMILES string of the molecule is C=C1[C@@H]2COC(c3ccccc3)O[C@H]2C[C@@H]1n1cnc2c(OCCCC)nc(N)nc21. The number of aromatic nitrogens is 4. The number of fused-ring (bicyclic) bond motifs is 2. The topological polar surface area (TPSA) is 97.3 Å².